The van der Waals surface area contributed by atoms with E-state index in [-0.39, 0.29) is 23.5 Å². The predicted molar refractivity (Wildman–Crippen MR) is 129 cm³/mol. The number of aliphatic hydroxyl groups is 1. The fraction of sp³-hybridized carbons (Fsp3) is 0.360. The Bertz CT molecular complexity index is 1300. The molecule has 2 aliphatic heterocycles. The summed E-state index contributed by atoms with van der Waals surface area (Å²) in [6, 6.07) is 9.44. The van der Waals surface area contributed by atoms with E-state index in [9.17, 15) is 23.1 Å². The van der Waals surface area contributed by atoms with Gasteiger partial charge in [0, 0.05) is 11.3 Å². The number of aliphatic hydroxyl groups excluding tert-OH is 1. The first-order valence-electron chi connectivity index (χ1n) is 11.4. The average molecular weight is 515 g/mol. The van der Waals surface area contributed by atoms with Crippen molar-refractivity contribution < 1.29 is 27.8 Å². The van der Waals surface area contributed by atoms with E-state index in [4.69, 9.17) is 22.2 Å². The molecule has 0 bridgehead atoms. The standard InChI is InChI=1S/C25H21F3N4O3S/c26-25(27,28)19-11-17(13-30-20(19)12-29)31-22(34)24(9-2-10-24)32(23(31)36)16-7-5-15(6-8-16)21-4-1-3-18(14-33)35-21/h4-8,11,13,18,33H,1-3,9-10,14H2. The molecule has 1 aromatic heterocycles. The van der Waals surface area contributed by atoms with Gasteiger partial charge in [-0.25, -0.2) is 4.98 Å². The molecule has 1 aromatic carbocycles. The molecule has 1 atom stereocenters. The zero-order valence-corrected chi connectivity index (χ0v) is 19.8. The van der Waals surface area contributed by atoms with Crippen LogP contribution in [0.15, 0.2) is 42.6 Å². The number of hydrogen-bond acceptors (Lipinski definition) is 6. The number of aromatic nitrogens is 1. The first-order valence-corrected chi connectivity index (χ1v) is 11.8. The van der Waals surface area contributed by atoms with Crippen LogP contribution in [-0.4, -0.2) is 39.4 Å². The van der Waals surface area contributed by atoms with Gasteiger partial charge in [0.1, 0.15) is 23.5 Å². The summed E-state index contributed by atoms with van der Waals surface area (Å²) >= 11 is 5.63. The molecule has 1 saturated heterocycles. The number of nitriles is 1. The minimum Gasteiger partial charge on any atom is -0.488 e. The first-order chi connectivity index (χ1) is 17.2. The lowest BCUT2D eigenvalue weighted by Crippen LogP contribution is -2.55. The van der Waals surface area contributed by atoms with E-state index in [1.165, 1.54) is 6.07 Å². The molecule has 2 aromatic rings. The molecule has 1 N–H and O–H groups in total. The van der Waals surface area contributed by atoms with E-state index in [0.29, 0.717) is 24.3 Å². The molecule has 2 fully saturated rings. The second-order valence-corrected chi connectivity index (χ2v) is 9.32. The van der Waals surface area contributed by atoms with Gasteiger partial charge in [-0.3, -0.25) is 9.69 Å². The largest absolute Gasteiger partial charge is 0.488 e. The SMILES string of the molecule is N#Cc1ncc(N2C(=O)C3(CCC3)N(c3ccc(C4=CCCC(CO)O4)cc3)C2=S)cc1C(F)(F)F. The number of carbonyl (C=O) groups is 1. The smallest absolute Gasteiger partial charge is 0.419 e. The van der Waals surface area contributed by atoms with E-state index in [0.717, 1.165) is 42.0 Å². The van der Waals surface area contributed by atoms with Crippen LogP contribution in [0.4, 0.5) is 24.5 Å². The summed E-state index contributed by atoms with van der Waals surface area (Å²) in [4.78, 5) is 20.0. The third-order valence-corrected chi connectivity index (χ3v) is 7.23. The summed E-state index contributed by atoms with van der Waals surface area (Å²) in [7, 11) is 0. The van der Waals surface area contributed by atoms with Gasteiger partial charge < -0.3 is 14.7 Å². The van der Waals surface area contributed by atoms with Gasteiger partial charge in [0.25, 0.3) is 5.91 Å². The number of allylic oxidation sites excluding steroid dienone is 1. The van der Waals surface area contributed by atoms with Gasteiger partial charge in [0.05, 0.1) is 24.1 Å². The minimum atomic E-state index is -4.81. The summed E-state index contributed by atoms with van der Waals surface area (Å²) < 4.78 is 46.4. The quantitative estimate of drug-likeness (QED) is 0.599. The lowest BCUT2D eigenvalue weighted by Gasteiger charge is -2.43. The fourth-order valence-electron chi connectivity index (χ4n) is 4.87. The number of amides is 1. The lowest BCUT2D eigenvalue weighted by molar-refractivity contribution is -0.138. The Labute approximate surface area is 210 Å². The molecule has 0 radical (unpaired) electrons. The second-order valence-electron chi connectivity index (χ2n) is 8.96. The topological polar surface area (TPSA) is 89.7 Å². The molecule has 1 spiro atoms. The Morgan fingerprint density at radius 1 is 1.25 bits per heavy atom. The zero-order valence-electron chi connectivity index (χ0n) is 19.0. The van der Waals surface area contributed by atoms with E-state index < -0.39 is 28.9 Å². The molecule has 186 valence electrons. The number of halogens is 3. The van der Waals surface area contributed by atoms with E-state index in [1.807, 2.05) is 18.2 Å². The highest BCUT2D eigenvalue weighted by Gasteiger charge is 2.59. The van der Waals surface area contributed by atoms with Gasteiger partial charge in [-0.05, 0) is 80.7 Å². The first kappa shape index (κ1) is 24.2. The van der Waals surface area contributed by atoms with Crippen molar-refractivity contribution in [2.24, 2.45) is 0 Å². The van der Waals surface area contributed by atoms with Gasteiger partial charge in [-0.1, -0.05) is 0 Å². The normalized spacial score (nSPS) is 21.2. The predicted octanol–water partition coefficient (Wildman–Crippen LogP) is 4.55. The average Bonchev–Trinajstić information content (AvgIpc) is 3.10. The molecule has 1 aliphatic carbocycles. The van der Waals surface area contributed by atoms with Crippen LogP contribution >= 0.6 is 12.2 Å². The molecule has 3 aliphatic rings. The van der Waals surface area contributed by atoms with Crippen molar-refractivity contribution in [1.82, 2.24) is 4.98 Å². The van der Waals surface area contributed by atoms with E-state index in [1.54, 1.807) is 17.0 Å². The molecule has 1 amide bonds. The Hall–Kier alpha value is -3.49. The lowest BCUT2D eigenvalue weighted by atomic mass is 9.75. The summed E-state index contributed by atoms with van der Waals surface area (Å²) in [5.74, 6) is 0.252. The van der Waals surface area contributed by atoms with E-state index in [2.05, 4.69) is 4.98 Å². The highest BCUT2D eigenvalue weighted by molar-refractivity contribution is 7.81. The van der Waals surface area contributed by atoms with Crippen LogP contribution in [0.1, 0.15) is 48.9 Å². The molecular formula is C25H21F3N4O3S. The zero-order chi connectivity index (χ0) is 25.7. The number of nitrogens with zero attached hydrogens (tertiary/aromatic N) is 4. The molecule has 7 nitrogen and oxygen atoms in total. The number of carbonyl (C=O) groups excluding carboxylic acids is 1. The summed E-state index contributed by atoms with van der Waals surface area (Å²) in [6.45, 7) is -0.0712. The number of pyridine rings is 1. The third-order valence-electron chi connectivity index (χ3n) is 6.86. The second kappa shape index (κ2) is 8.87. The molecular weight excluding hydrogens is 493 g/mol. The molecule has 1 unspecified atom stereocenters. The van der Waals surface area contributed by atoms with Crippen molar-refractivity contribution in [3.63, 3.8) is 0 Å². The van der Waals surface area contributed by atoms with Crippen LogP contribution in [0, 0.1) is 11.3 Å². The number of alkyl halides is 3. The van der Waals surface area contributed by atoms with Gasteiger partial charge in [-0.2, -0.15) is 18.4 Å². The number of benzene rings is 1. The van der Waals surface area contributed by atoms with Gasteiger partial charge in [0.15, 0.2) is 10.8 Å². The number of rotatable bonds is 4. The van der Waals surface area contributed by atoms with Crippen molar-refractivity contribution in [3.05, 3.63) is 59.4 Å². The maximum atomic E-state index is 13.6. The molecule has 3 heterocycles. The Morgan fingerprint density at radius 2 is 1.97 bits per heavy atom. The molecule has 5 rings (SSSR count). The van der Waals surface area contributed by atoms with Crippen molar-refractivity contribution in [1.29, 1.82) is 5.26 Å². The highest BCUT2D eigenvalue weighted by atomic mass is 32.1. The van der Waals surface area contributed by atoms with Crippen LogP contribution in [-0.2, 0) is 15.7 Å². The number of ether oxygens (including phenoxy) is 1. The minimum absolute atomic E-state index is 0.0561. The maximum Gasteiger partial charge on any atom is 0.419 e. The Balaban J connectivity index is 1.49. The number of anilines is 2. The van der Waals surface area contributed by atoms with Crippen LogP contribution in [0.3, 0.4) is 0 Å². The highest BCUT2D eigenvalue weighted by Crippen LogP contribution is 2.48. The molecule has 1 saturated carbocycles. The fourth-order valence-corrected chi connectivity index (χ4v) is 5.33. The third kappa shape index (κ3) is 3.81. The molecule has 11 heteroatoms. The van der Waals surface area contributed by atoms with Crippen LogP contribution in [0.2, 0.25) is 0 Å². The maximum absolute atomic E-state index is 13.6. The van der Waals surface area contributed by atoms with Crippen LogP contribution in [0.5, 0.6) is 0 Å². The number of hydrogen-bond donors (Lipinski definition) is 1. The summed E-state index contributed by atoms with van der Waals surface area (Å²) in [5, 5.41) is 18.5. The summed E-state index contributed by atoms with van der Waals surface area (Å²) in [6.07, 6.45) is 1.26. The Kier molecular flexibility index (Phi) is 5.97. The molecule has 36 heavy (non-hydrogen) atoms. The van der Waals surface area contributed by atoms with Crippen LogP contribution < -0.4 is 9.80 Å². The van der Waals surface area contributed by atoms with E-state index >= 15 is 0 Å². The monoisotopic (exact) mass is 514 g/mol. The summed E-state index contributed by atoms with van der Waals surface area (Å²) in [5.41, 5.74) is -1.65. The van der Waals surface area contributed by atoms with Gasteiger partial charge in [-0.15, -0.1) is 0 Å². The van der Waals surface area contributed by atoms with Crippen molar-refractivity contribution in [2.45, 2.75) is 49.9 Å². The Morgan fingerprint density at radius 3 is 2.56 bits per heavy atom. The van der Waals surface area contributed by atoms with Gasteiger partial charge >= 0.3 is 6.18 Å². The number of thiocarbonyl (C=S) groups is 1. The van der Waals surface area contributed by atoms with Crippen molar-refractivity contribution in [2.75, 3.05) is 16.4 Å². The van der Waals surface area contributed by atoms with Crippen molar-refractivity contribution in [3.8, 4) is 6.07 Å². The van der Waals surface area contributed by atoms with Gasteiger partial charge in [0.2, 0.25) is 0 Å². The van der Waals surface area contributed by atoms with Crippen molar-refractivity contribution >= 4 is 40.4 Å². The van der Waals surface area contributed by atoms with Crippen LogP contribution in [0.25, 0.3) is 5.76 Å².